The zero-order chi connectivity index (χ0) is 15.7. The number of rotatable bonds is 2. The number of benzene rings is 1. The first-order chi connectivity index (χ1) is 10.5. The molecule has 3 rings (SSSR count). The Kier molecular flexibility index (Phi) is 3.72. The van der Waals surface area contributed by atoms with Gasteiger partial charge < -0.3 is 19.5 Å². The Labute approximate surface area is 130 Å². The van der Waals surface area contributed by atoms with Gasteiger partial charge in [-0.2, -0.15) is 0 Å². The summed E-state index contributed by atoms with van der Waals surface area (Å²) in [6.07, 6.45) is 2.36. The molecule has 0 saturated carbocycles. The quantitative estimate of drug-likeness (QED) is 0.671. The van der Waals surface area contributed by atoms with Crippen LogP contribution >= 0.6 is 0 Å². The minimum atomic E-state index is -0.344. The van der Waals surface area contributed by atoms with Crippen LogP contribution in [0.3, 0.4) is 0 Å². The van der Waals surface area contributed by atoms with Crippen LogP contribution in [0.15, 0.2) is 18.2 Å². The second-order valence-electron chi connectivity index (χ2n) is 6.15. The number of hydrogen-bond acceptors (Lipinski definition) is 5. The van der Waals surface area contributed by atoms with Gasteiger partial charge in [-0.1, -0.05) is 0 Å². The third kappa shape index (κ3) is 2.89. The van der Waals surface area contributed by atoms with E-state index >= 15 is 0 Å². The molecule has 1 N–H and O–H groups in total. The number of carbonyl (C=O) groups excluding carboxylic acids is 1. The fraction of sp³-hybridized carbons (Fsp3) is 0.471. The number of esters is 1. The van der Waals surface area contributed by atoms with E-state index in [9.17, 15) is 4.79 Å². The van der Waals surface area contributed by atoms with Crippen molar-refractivity contribution in [1.82, 2.24) is 5.32 Å². The molecule has 0 saturated heterocycles. The van der Waals surface area contributed by atoms with Gasteiger partial charge in [-0.05, 0) is 44.9 Å². The molecule has 0 spiro atoms. The summed E-state index contributed by atoms with van der Waals surface area (Å²) in [5.74, 6) is 1.16. The summed E-state index contributed by atoms with van der Waals surface area (Å²) in [4.78, 5) is 11.8. The van der Waals surface area contributed by atoms with Gasteiger partial charge in [-0.3, -0.25) is 0 Å². The maximum Gasteiger partial charge on any atom is 0.332 e. The number of hydrogen-bond donors (Lipinski definition) is 1. The van der Waals surface area contributed by atoms with Crippen molar-refractivity contribution in [2.75, 3.05) is 19.8 Å². The molecule has 5 heteroatoms. The van der Waals surface area contributed by atoms with Gasteiger partial charge in [0.05, 0.1) is 6.61 Å². The smallest absolute Gasteiger partial charge is 0.332 e. The summed E-state index contributed by atoms with van der Waals surface area (Å²) in [5.41, 5.74) is 2.73. The number of nitrogens with one attached hydrogen (secondary N) is 1. The molecule has 0 aliphatic carbocycles. The first kappa shape index (κ1) is 14.8. The molecule has 1 aromatic rings. The van der Waals surface area contributed by atoms with Gasteiger partial charge in [0.15, 0.2) is 11.5 Å². The molecular formula is C17H21NO4. The van der Waals surface area contributed by atoms with Crippen molar-refractivity contribution in [3.63, 3.8) is 0 Å². The van der Waals surface area contributed by atoms with Gasteiger partial charge in [-0.15, -0.1) is 0 Å². The molecule has 1 aromatic carbocycles. The molecule has 0 radical (unpaired) electrons. The Hall–Kier alpha value is -2.17. The fourth-order valence-electron chi connectivity index (χ4n) is 2.90. The maximum atomic E-state index is 11.8. The lowest BCUT2D eigenvalue weighted by Gasteiger charge is -2.36. The highest BCUT2D eigenvalue weighted by atomic mass is 16.6. The van der Waals surface area contributed by atoms with Gasteiger partial charge in [0, 0.05) is 22.9 Å². The summed E-state index contributed by atoms with van der Waals surface area (Å²) in [7, 11) is 0. The van der Waals surface area contributed by atoms with Crippen LogP contribution in [-0.4, -0.2) is 31.3 Å². The van der Waals surface area contributed by atoms with E-state index in [0.717, 1.165) is 34.7 Å². The SMILES string of the molecule is CCOC(=O)/C=C1\NC(C)(C)Cc2cc3c(cc21)OCCO3. The second-order valence-corrected chi connectivity index (χ2v) is 6.15. The van der Waals surface area contributed by atoms with E-state index in [1.165, 1.54) is 6.08 Å². The minimum Gasteiger partial charge on any atom is -0.486 e. The summed E-state index contributed by atoms with van der Waals surface area (Å²) >= 11 is 0. The topological polar surface area (TPSA) is 56.8 Å². The summed E-state index contributed by atoms with van der Waals surface area (Å²) in [5, 5.41) is 3.41. The third-order valence-corrected chi connectivity index (χ3v) is 3.71. The lowest BCUT2D eigenvalue weighted by atomic mass is 9.85. The van der Waals surface area contributed by atoms with Gasteiger partial charge in [-0.25, -0.2) is 4.79 Å². The van der Waals surface area contributed by atoms with Crippen LogP contribution in [0.25, 0.3) is 5.70 Å². The van der Waals surface area contributed by atoms with Crippen LogP contribution in [-0.2, 0) is 16.0 Å². The molecule has 118 valence electrons. The van der Waals surface area contributed by atoms with Crippen LogP contribution < -0.4 is 14.8 Å². The first-order valence-corrected chi connectivity index (χ1v) is 7.58. The van der Waals surface area contributed by atoms with E-state index in [0.29, 0.717) is 19.8 Å². The average molecular weight is 303 g/mol. The van der Waals surface area contributed by atoms with Crippen molar-refractivity contribution in [3.05, 3.63) is 29.3 Å². The molecule has 22 heavy (non-hydrogen) atoms. The highest BCUT2D eigenvalue weighted by Gasteiger charge is 2.30. The van der Waals surface area contributed by atoms with Crippen LogP contribution in [0, 0.1) is 0 Å². The molecule has 0 unspecified atom stereocenters. The van der Waals surface area contributed by atoms with E-state index < -0.39 is 0 Å². The maximum absolute atomic E-state index is 11.8. The van der Waals surface area contributed by atoms with E-state index in [2.05, 4.69) is 19.2 Å². The summed E-state index contributed by atoms with van der Waals surface area (Å²) in [6.45, 7) is 7.47. The Balaban J connectivity index is 2.05. The molecule has 0 aromatic heterocycles. The Bertz CT molecular complexity index is 634. The predicted octanol–water partition coefficient (Wildman–Crippen LogP) is 2.29. The predicted molar refractivity (Wildman–Crippen MR) is 83.0 cm³/mol. The summed E-state index contributed by atoms with van der Waals surface area (Å²) in [6, 6.07) is 3.96. The lowest BCUT2D eigenvalue weighted by Crippen LogP contribution is -2.44. The van der Waals surface area contributed by atoms with E-state index in [1.807, 2.05) is 12.1 Å². The molecule has 0 bridgehead atoms. The van der Waals surface area contributed by atoms with Crippen LogP contribution in [0.1, 0.15) is 31.9 Å². The zero-order valence-corrected chi connectivity index (χ0v) is 13.2. The Morgan fingerprint density at radius 1 is 1.32 bits per heavy atom. The number of ether oxygens (including phenoxy) is 3. The van der Waals surface area contributed by atoms with E-state index in [-0.39, 0.29) is 11.5 Å². The lowest BCUT2D eigenvalue weighted by molar-refractivity contribution is -0.137. The van der Waals surface area contributed by atoms with Crippen LogP contribution in [0.5, 0.6) is 11.5 Å². The Morgan fingerprint density at radius 2 is 2.00 bits per heavy atom. The van der Waals surface area contributed by atoms with Crippen LogP contribution in [0.4, 0.5) is 0 Å². The number of fused-ring (bicyclic) bond motifs is 2. The average Bonchev–Trinajstić information content (AvgIpc) is 2.44. The van der Waals surface area contributed by atoms with Crippen molar-refractivity contribution >= 4 is 11.7 Å². The molecule has 0 atom stereocenters. The standard InChI is InChI=1S/C17H21NO4/c1-4-20-16(19)9-13-12-8-15-14(21-5-6-22-15)7-11(12)10-17(2,3)18-13/h7-9,18H,4-6,10H2,1-3H3/b13-9-. The molecule has 0 amide bonds. The highest BCUT2D eigenvalue weighted by molar-refractivity contribution is 5.92. The van der Waals surface area contributed by atoms with Gasteiger partial charge >= 0.3 is 5.97 Å². The molecule has 2 heterocycles. The largest absolute Gasteiger partial charge is 0.486 e. The van der Waals surface area contributed by atoms with E-state index in [4.69, 9.17) is 14.2 Å². The normalized spacial score (nSPS) is 20.0. The van der Waals surface area contributed by atoms with Crippen molar-refractivity contribution in [3.8, 4) is 11.5 Å². The molecular weight excluding hydrogens is 282 g/mol. The van der Waals surface area contributed by atoms with Crippen molar-refractivity contribution in [2.45, 2.75) is 32.7 Å². The summed E-state index contributed by atoms with van der Waals surface area (Å²) < 4.78 is 16.3. The van der Waals surface area contributed by atoms with E-state index in [1.54, 1.807) is 6.92 Å². The highest BCUT2D eigenvalue weighted by Crippen LogP contribution is 2.39. The molecule has 0 fully saturated rings. The van der Waals surface area contributed by atoms with Gasteiger partial charge in [0.1, 0.15) is 13.2 Å². The zero-order valence-electron chi connectivity index (χ0n) is 13.2. The van der Waals surface area contributed by atoms with Crippen molar-refractivity contribution < 1.29 is 19.0 Å². The van der Waals surface area contributed by atoms with Gasteiger partial charge in [0.25, 0.3) is 0 Å². The Morgan fingerprint density at radius 3 is 2.68 bits per heavy atom. The van der Waals surface area contributed by atoms with Crippen molar-refractivity contribution in [2.24, 2.45) is 0 Å². The second kappa shape index (κ2) is 5.55. The third-order valence-electron chi connectivity index (χ3n) is 3.71. The minimum absolute atomic E-state index is 0.144. The number of carbonyl (C=O) groups is 1. The monoisotopic (exact) mass is 303 g/mol. The first-order valence-electron chi connectivity index (χ1n) is 7.58. The van der Waals surface area contributed by atoms with Crippen molar-refractivity contribution in [1.29, 1.82) is 0 Å². The fourth-order valence-corrected chi connectivity index (χ4v) is 2.90. The molecule has 2 aliphatic heterocycles. The molecule has 2 aliphatic rings. The van der Waals surface area contributed by atoms with Gasteiger partial charge in [0.2, 0.25) is 0 Å². The molecule has 5 nitrogen and oxygen atoms in total. The van der Waals surface area contributed by atoms with Crippen LogP contribution in [0.2, 0.25) is 0 Å².